The zero-order valence-corrected chi connectivity index (χ0v) is 30.3. The van der Waals surface area contributed by atoms with Crippen LogP contribution in [0.3, 0.4) is 0 Å². The van der Waals surface area contributed by atoms with E-state index in [1.807, 2.05) is 0 Å². The van der Waals surface area contributed by atoms with Crippen molar-refractivity contribution in [3.05, 3.63) is 0 Å². The summed E-state index contributed by atoms with van der Waals surface area (Å²) in [7, 11) is 0. The summed E-state index contributed by atoms with van der Waals surface area (Å²) in [4.78, 5) is 0.247. The second-order valence-corrected chi connectivity index (χ2v) is 18.6. The first kappa shape index (κ1) is 35.2. The van der Waals surface area contributed by atoms with Crippen LogP contribution in [-0.4, -0.2) is 15.6 Å². The highest BCUT2D eigenvalue weighted by Crippen LogP contribution is 2.48. The molecule has 0 amide bonds. The fraction of sp³-hybridized carbons (Fsp3) is 1.00. The van der Waals surface area contributed by atoms with E-state index in [4.69, 9.17) is 34.8 Å². The minimum Gasteiger partial charge on any atom is -0.123 e. The summed E-state index contributed by atoms with van der Waals surface area (Å²) in [5.74, 6) is 7.12. The molecule has 0 spiro atoms. The van der Waals surface area contributed by atoms with Gasteiger partial charge in [-0.15, -0.1) is 34.8 Å². The number of rotatable bonds is 0. The largest absolute Gasteiger partial charge is 0.123 e. The molecule has 0 bridgehead atoms. The van der Waals surface area contributed by atoms with E-state index in [0.29, 0.717) is 10.8 Å². The number of hydrogen-bond acceptors (Lipinski definition) is 0. The highest BCUT2D eigenvalue weighted by Gasteiger charge is 2.40. The molecule has 0 radical (unpaired) electrons. The molecule has 0 heterocycles. The second kappa shape index (κ2) is 18.4. The first-order chi connectivity index (χ1) is 21.0. The van der Waals surface area contributed by atoms with Crippen LogP contribution in [-0.2, 0) is 0 Å². The van der Waals surface area contributed by atoms with E-state index >= 15 is 0 Å². The molecule has 0 saturated heterocycles. The van der Waals surface area contributed by atoms with Gasteiger partial charge in [0.05, 0.1) is 0 Å². The molecule has 8 fully saturated rings. The first-order valence-corrected chi connectivity index (χ1v) is 21.2. The highest BCUT2D eigenvalue weighted by atomic mass is 35.5. The van der Waals surface area contributed by atoms with Gasteiger partial charge in [-0.1, -0.05) is 135 Å². The zero-order chi connectivity index (χ0) is 29.9. The molecule has 0 aromatic carbocycles. The van der Waals surface area contributed by atoms with Crippen molar-refractivity contribution in [2.75, 3.05) is 0 Å². The Hall–Kier alpha value is 0.870. The van der Waals surface area contributed by atoms with Crippen LogP contribution < -0.4 is 0 Å². The normalized spacial score (nSPS) is 44.0. The third-order valence-corrected chi connectivity index (χ3v) is 15.6. The van der Waals surface area contributed by atoms with E-state index in [1.165, 1.54) is 167 Å². The maximum absolute atomic E-state index is 6.58. The van der Waals surface area contributed by atoms with E-state index in [1.54, 1.807) is 25.7 Å². The molecule has 8 aliphatic rings. The lowest BCUT2D eigenvalue weighted by atomic mass is 9.70. The van der Waals surface area contributed by atoms with E-state index in [0.717, 1.165) is 41.4 Å². The van der Waals surface area contributed by atoms with Crippen molar-refractivity contribution in [3.8, 4) is 0 Å². The number of halogens is 3. The van der Waals surface area contributed by atoms with Crippen molar-refractivity contribution < 1.29 is 0 Å². The lowest BCUT2D eigenvalue weighted by Gasteiger charge is -2.42. The predicted molar refractivity (Wildman–Crippen MR) is 191 cm³/mol. The van der Waals surface area contributed by atoms with E-state index < -0.39 is 0 Å². The molecule has 250 valence electrons. The second-order valence-electron chi connectivity index (χ2n) is 16.7. The molecule has 43 heavy (non-hydrogen) atoms. The Kier molecular flexibility index (Phi) is 15.1. The first-order valence-electron chi connectivity index (χ1n) is 20.0. The minimum absolute atomic E-state index is 0.247. The van der Waals surface area contributed by atoms with Gasteiger partial charge in [-0.3, -0.25) is 0 Å². The Morgan fingerprint density at radius 1 is 0.372 bits per heavy atom. The van der Waals surface area contributed by atoms with Crippen molar-refractivity contribution in [2.24, 2.45) is 41.4 Å². The average Bonchev–Trinajstić information content (AvgIpc) is 3.06. The zero-order valence-electron chi connectivity index (χ0n) is 28.0. The van der Waals surface area contributed by atoms with Crippen LogP contribution in [0.4, 0.5) is 0 Å². The van der Waals surface area contributed by atoms with Gasteiger partial charge in [-0.2, -0.15) is 0 Å². The molecule has 0 N–H and O–H groups in total. The lowest BCUT2D eigenvalue weighted by Crippen LogP contribution is -2.37. The molecule has 0 aromatic rings. The van der Waals surface area contributed by atoms with Crippen LogP contribution in [0.2, 0.25) is 0 Å². The molecule has 8 saturated carbocycles. The van der Waals surface area contributed by atoms with Gasteiger partial charge in [0, 0.05) is 15.6 Å². The molecule has 0 aliphatic heterocycles. The Bertz CT molecular complexity index is 722. The summed E-state index contributed by atoms with van der Waals surface area (Å²) in [6.07, 6.45) is 43.2. The monoisotopic (exact) mass is 654 g/mol. The fourth-order valence-corrected chi connectivity index (χ4v) is 12.7. The molecular weight excluding hydrogens is 587 g/mol. The van der Waals surface area contributed by atoms with Gasteiger partial charge in [0.2, 0.25) is 0 Å². The van der Waals surface area contributed by atoms with E-state index in [-0.39, 0.29) is 4.87 Å². The summed E-state index contributed by atoms with van der Waals surface area (Å²) >= 11 is 19.0. The number of fused-ring (bicyclic) bond motifs is 4. The van der Waals surface area contributed by atoms with Crippen LogP contribution in [0.5, 0.6) is 0 Å². The van der Waals surface area contributed by atoms with Crippen LogP contribution >= 0.6 is 34.8 Å². The fourth-order valence-electron chi connectivity index (χ4n) is 11.3. The molecule has 8 rings (SSSR count). The lowest BCUT2D eigenvalue weighted by molar-refractivity contribution is 0.171. The molecule has 6 unspecified atom stereocenters. The molecular formula is C40H69Cl3. The van der Waals surface area contributed by atoms with Crippen molar-refractivity contribution in [1.29, 1.82) is 0 Å². The maximum Gasteiger partial charge on any atom is 0.0475 e. The van der Waals surface area contributed by atoms with Gasteiger partial charge >= 0.3 is 0 Å². The van der Waals surface area contributed by atoms with Crippen LogP contribution in [0.1, 0.15) is 193 Å². The standard InChI is InChI=1S/3C10H17Cl.C10H18/c11-10-7-3-1-5-9(10)6-2-4-8-10;11-10-7-3-5-8-4-1-2-6-9(8)10;11-10-6-5-8-3-1-2-4-9(8)7-10;1-2-6-10-8-4-3-7-9(10)5-1/h9H,1-8H2;2*8-10H,1-7H2;9-10H,1-8H2. The summed E-state index contributed by atoms with van der Waals surface area (Å²) in [5.41, 5.74) is 0. The Morgan fingerprint density at radius 3 is 1.35 bits per heavy atom. The summed E-state index contributed by atoms with van der Waals surface area (Å²) < 4.78 is 0. The third-order valence-electron chi connectivity index (χ3n) is 14.0. The Labute approximate surface area is 283 Å². The van der Waals surface area contributed by atoms with Crippen LogP contribution in [0.25, 0.3) is 0 Å². The Morgan fingerprint density at radius 2 is 0.814 bits per heavy atom. The number of alkyl halides is 3. The van der Waals surface area contributed by atoms with Crippen LogP contribution in [0, 0.1) is 41.4 Å². The molecule has 6 atom stereocenters. The van der Waals surface area contributed by atoms with Crippen molar-refractivity contribution in [2.45, 2.75) is 208 Å². The molecule has 3 heteroatoms. The quantitative estimate of drug-likeness (QED) is 0.228. The minimum atomic E-state index is 0.247. The van der Waals surface area contributed by atoms with Gasteiger partial charge in [-0.05, 0) is 99.2 Å². The van der Waals surface area contributed by atoms with Crippen molar-refractivity contribution in [1.82, 2.24) is 0 Å². The number of hydrogen-bond donors (Lipinski definition) is 0. The summed E-state index contributed by atoms with van der Waals surface area (Å²) in [6.45, 7) is 0. The third kappa shape index (κ3) is 10.7. The van der Waals surface area contributed by atoms with Gasteiger partial charge in [0.1, 0.15) is 0 Å². The highest BCUT2D eigenvalue weighted by molar-refractivity contribution is 6.24. The smallest absolute Gasteiger partial charge is 0.0475 e. The van der Waals surface area contributed by atoms with E-state index in [9.17, 15) is 0 Å². The van der Waals surface area contributed by atoms with Crippen molar-refractivity contribution >= 4 is 34.8 Å². The summed E-state index contributed by atoms with van der Waals surface area (Å²) in [6, 6.07) is 0. The SMILES string of the molecule is C1CCC2CCCCC2C1.ClC12CCCCC1CCCC2.ClC1CCC2CCCCC2C1.ClC1CCCC2CCCCC12. The average molecular weight is 656 g/mol. The van der Waals surface area contributed by atoms with E-state index in [2.05, 4.69) is 0 Å². The molecule has 8 aliphatic carbocycles. The molecule has 0 aromatic heterocycles. The van der Waals surface area contributed by atoms with Gasteiger partial charge in [0.15, 0.2) is 0 Å². The molecule has 0 nitrogen and oxygen atoms in total. The summed E-state index contributed by atoms with van der Waals surface area (Å²) in [5, 5.41) is 1.03. The van der Waals surface area contributed by atoms with Crippen LogP contribution in [0.15, 0.2) is 0 Å². The van der Waals surface area contributed by atoms with Gasteiger partial charge < -0.3 is 0 Å². The topological polar surface area (TPSA) is 0 Å². The van der Waals surface area contributed by atoms with Gasteiger partial charge in [0.25, 0.3) is 0 Å². The van der Waals surface area contributed by atoms with Gasteiger partial charge in [-0.25, -0.2) is 0 Å². The Balaban J connectivity index is 0.000000114. The maximum atomic E-state index is 6.58. The van der Waals surface area contributed by atoms with Crippen molar-refractivity contribution in [3.63, 3.8) is 0 Å². The predicted octanol–water partition coefficient (Wildman–Crippen LogP) is 14.3.